The third kappa shape index (κ3) is 5.40. The fourth-order valence-electron chi connectivity index (χ4n) is 3.04. The second-order valence-electron chi connectivity index (χ2n) is 7.15. The van der Waals surface area contributed by atoms with E-state index in [2.05, 4.69) is 15.0 Å². The van der Waals surface area contributed by atoms with Gasteiger partial charge >= 0.3 is 0 Å². The van der Waals surface area contributed by atoms with E-state index in [1.807, 2.05) is 30.3 Å². The number of aromatic hydroxyl groups is 1. The summed E-state index contributed by atoms with van der Waals surface area (Å²) in [5.74, 6) is 0.775. The predicted octanol–water partition coefficient (Wildman–Crippen LogP) is 1.59. The van der Waals surface area contributed by atoms with E-state index in [0.717, 1.165) is 11.1 Å². The van der Waals surface area contributed by atoms with Gasteiger partial charge in [-0.2, -0.15) is 0 Å². The van der Waals surface area contributed by atoms with Crippen molar-refractivity contribution in [2.45, 2.75) is 13.0 Å². The van der Waals surface area contributed by atoms with Gasteiger partial charge < -0.3 is 19.8 Å². The van der Waals surface area contributed by atoms with Crippen molar-refractivity contribution in [2.24, 2.45) is 0 Å². The molecule has 32 heavy (non-hydrogen) atoms. The Balaban J connectivity index is 1.50. The van der Waals surface area contributed by atoms with Crippen molar-refractivity contribution < 1.29 is 9.84 Å². The van der Waals surface area contributed by atoms with Crippen LogP contribution in [0.25, 0.3) is 12.2 Å². The van der Waals surface area contributed by atoms with Crippen LogP contribution >= 0.6 is 0 Å². The molecule has 0 unspecified atom stereocenters. The van der Waals surface area contributed by atoms with Crippen molar-refractivity contribution >= 4 is 12.2 Å². The van der Waals surface area contributed by atoms with Gasteiger partial charge in [0.05, 0.1) is 11.9 Å². The lowest BCUT2D eigenvalue weighted by Crippen LogP contribution is -2.46. The smallest absolute Gasteiger partial charge is 0.272 e. The number of nitrogens with one attached hydrogen (secondary N) is 2. The number of hydrogen-bond donors (Lipinski definition) is 3. The van der Waals surface area contributed by atoms with Crippen LogP contribution in [0.2, 0.25) is 0 Å². The summed E-state index contributed by atoms with van der Waals surface area (Å²) in [7, 11) is 0. The summed E-state index contributed by atoms with van der Waals surface area (Å²) in [5, 5.41) is 9.63. The molecule has 0 bridgehead atoms. The largest absolute Gasteiger partial charge is 0.508 e. The van der Waals surface area contributed by atoms with Crippen LogP contribution in [0.3, 0.4) is 0 Å². The lowest BCUT2D eigenvalue weighted by molar-refractivity contribution is 0.305. The molecule has 4 aromatic rings. The Bertz CT molecular complexity index is 1420. The molecule has 160 valence electrons. The van der Waals surface area contributed by atoms with Crippen LogP contribution in [0.5, 0.6) is 11.5 Å². The summed E-state index contributed by atoms with van der Waals surface area (Å²) in [6, 6.07) is 19.9. The van der Waals surface area contributed by atoms with Crippen LogP contribution in [-0.4, -0.2) is 20.1 Å². The van der Waals surface area contributed by atoms with Gasteiger partial charge in [0.25, 0.3) is 11.1 Å². The van der Waals surface area contributed by atoms with Crippen molar-refractivity contribution in [3.05, 3.63) is 121 Å². The SMILES string of the molecule is O=c1[nH]c(=Cc2ccc(OCc3ccccc3)cn2)c(=O)[nH]c1=CCc1ccc(O)cc1. The van der Waals surface area contributed by atoms with Crippen LogP contribution in [-0.2, 0) is 13.0 Å². The van der Waals surface area contributed by atoms with E-state index in [4.69, 9.17) is 4.74 Å². The first-order valence-corrected chi connectivity index (χ1v) is 10.0. The molecule has 0 atom stereocenters. The molecule has 7 heteroatoms. The number of pyridine rings is 1. The maximum atomic E-state index is 12.4. The zero-order chi connectivity index (χ0) is 22.3. The topological polar surface area (TPSA) is 108 Å². The number of hydrogen-bond acceptors (Lipinski definition) is 5. The lowest BCUT2D eigenvalue weighted by atomic mass is 10.1. The second kappa shape index (κ2) is 9.61. The quantitative estimate of drug-likeness (QED) is 0.433. The van der Waals surface area contributed by atoms with E-state index in [1.165, 1.54) is 6.08 Å². The Morgan fingerprint density at radius 3 is 2.28 bits per heavy atom. The zero-order valence-corrected chi connectivity index (χ0v) is 17.1. The Morgan fingerprint density at radius 2 is 1.56 bits per heavy atom. The molecule has 2 aromatic heterocycles. The summed E-state index contributed by atoms with van der Waals surface area (Å²) in [4.78, 5) is 34.3. The van der Waals surface area contributed by atoms with Gasteiger partial charge in [0, 0.05) is 0 Å². The molecule has 7 nitrogen and oxygen atoms in total. The highest BCUT2D eigenvalue weighted by Gasteiger charge is 2.00. The number of phenolic OH excluding ortho intramolecular Hbond substituents is 1. The van der Waals surface area contributed by atoms with Crippen LogP contribution in [0.1, 0.15) is 16.8 Å². The van der Waals surface area contributed by atoms with E-state index in [0.29, 0.717) is 24.5 Å². The molecular formula is C25H21N3O4. The number of benzene rings is 2. The summed E-state index contributed by atoms with van der Waals surface area (Å²) >= 11 is 0. The minimum atomic E-state index is -0.423. The molecule has 0 aliphatic heterocycles. The maximum absolute atomic E-state index is 12.4. The Morgan fingerprint density at radius 1 is 0.844 bits per heavy atom. The minimum Gasteiger partial charge on any atom is -0.508 e. The summed E-state index contributed by atoms with van der Waals surface area (Å²) in [5.41, 5.74) is 1.64. The fourth-order valence-corrected chi connectivity index (χ4v) is 3.04. The minimum absolute atomic E-state index is 0.113. The van der Waals surface area contributed by atoms with Gasteiger partial charge in [-0.05, 0) is 47.9 Å². The molecule has 0 aliphatic rings. The number of nitrogens with zero attached hydrogens (tertiary/aromatic N) is 1. The average Bonchev–Trinajstić information content (AvgIpc) is 2.81. The van der Waals surface area contributed by atoms with Crippen LogP contribution in [0, 0.1) is 0 Å². The highest BCUT2D eigenvalue weighted by atomic mass is 16.5. The molecule has 2 heterocycles. The van der Waals surface area contributed by atoms with Gasteiger partial charge in [-0.25, -0.2) is 0 Å². The molecule has 0 radical (unpaired) electrons. The molecule has 2 aromatic carbocycles. The summed E-state index contributed by atoms with van der Waals surface area (Å²) in [6.45, 7) is 0.431. The average molecular weight is 427 g/mol. The molecular weight excluding hydrogens is 406 g/mol. The van der Waals surface area contributed by atoms with Gasteiger partial charge in [-0.1, -0.05) is 48.5 Å². The third-order valence-electron chi connectivity index (χ3n) is 4.76. The van der Waals surface area contributed by atoms with Gasteiger partial charge in [0.15, 0.2) is 0 Å². The van der Waals surface area contributed by atoms with E-state index >= 15 is 0 Å². The number of ether oxygens (including phenoxy) is 1. The van der Waals surface area contributed by atoms with Crippen molar-refractivity contribution in [3.8, 4) is 11.5 Å². The van der Waals surface area contributed by atoms with E-state index in [1.54, 1.807) is 48.7 Å². The van der Waals surface area contributed by atoms with Crippen LogP contribution in [0.15, 0.2) is 82.5 Å². The lowest BCUT2D eigenvalue weighted by Gasteiger charge is -2.05. The van der Waals surface area contributed by atoms with Crippen molar-refractivity contribution in [1.82, 2.24) is 15.0 Å². The standard InChI is InChI=1S/C25H21N3O4/c29-20-10-6-17(7-11-20)8-13-22-24(30)28-23(25(31)27-22)14-19-9-12-21(15-26-19)32-16-18-4-2-1-3-5-18/h1-7,9-15,29H,8,16H2,(H,27,31)(H,28,30). The van der Waals surface area contributed by atoms with Gasteiger partial charge in [-0.15, -0.1) is 0 Å². The Hall–Kier alpha value is -4.39. The third-order valence-corrected chi connectivity index (χ3v) is 4.76. The Kier molecular flexibility index (Phi) is 6.27. The molecule has 4 rings (SSSR count). The normalized spacial score (nSPS) is 12.1. The summed E-state index contributed by atoms with van der Waals surface area (Å²) in [6.07, 6.45) is 5.15. The highest BCUT2D eigenvalue weighted by Crippen LogP contribution is 2.12. The maximum Gasteiger partial charge on any atom is 0.272 e. The molecule has 0 fully saturated rings. The molecule has 0 amide bonds. The molecule has 0 spiro atoms. The molecule has 0 aliphatic carbocycles. The number of H-pyrrole nitrogens is 2. The number of aromatic nitrogens is 3. The predicted molar refractivity (Wildman–Crippen MR) is 122 cm³/mol. The van der Waals surface area contributed by atoms with E-state index < -0.39 is 11.1 Å². The van der Waals surface area contributed by atoms with Crippen molar-refractivity contribution in [3.63, 3.8) is 0 Å². The van der Waals surface area contributed by atoms with Crippen LogP contribution < -0.4 is 26.6 Å². The number of aromatic amines is 2. The number of phenols is 1. The van der Waals surface area contributed by atoms with Gasteiger partial charge in [-0.3, -0.25) is 14.6 Å². The van der Waals surface area contributed by atoms with Gasteiger partial charge in [0.2, 0.25) is 0 Å². The molecule has 0 saturated carbocycles. The van der Waals surface area contributed by atoms with E-state index in [9.17, 15) is 14.7 Å². The first kappa shape index (κ1) is 20.9. The second-order valence-corrected chi connectivity index (χ2v) is 7.15. The number of rotatable bonds is 6. The Labute approximate surface area is 183 Å². The molecule has 3 N–H and O–H groups in total. The molecule has 0 saturated heterocycles. The van der Waals surface area contributed by atoms with Gasteiger partial charge in [0.1, 0.15) is 28.8 Å². The first-order valence-electron chi connectivity index (χ1n) is 10.0. The van der Waals surface area contributed by atoms with Crippen LogP contribution in [0.4, 0.5) is 0 Å². The summed E-state index contributed by atoms with van der Waals surface area (Å²) < 4.78 is 5.71. The van der Waals surface area contributed by atoms with Crippen molar-refractivity contribution in [1.29, 1.82) is 0 Å². The zero-order valence-electron chi connectivity index (χ0n) is 17.1. The fraction of sp³-hybridized carbons (Fsp3) is 0.0800. The highest BCUT2D eigenvalue weighted by molar-refractivity contribution is 5.44. The van der Waals surface area contributed by atoms with Crippen molar-refractivity contribution in [2.75, 3.05) is 0 Å². The van der Waals surface area contributed by atoms with E-state index in [-0.39, 0.29) is 16.4 Å². The monoisotopic (exact) mass is 427 g/mol. The first-order chi connectivity index (χ1) is 15.6.